The molecule has 0 bridgehead atoms. The van der Waals surface area contributed by atoms with E-state index in [0.29, 0.717) is 0 Å². The summed E-state index contributed by atoms with van der Waals surface area (Å²) < 4.78 is 5.44. The van der Waals surface area contributed by atoms with Crippen LogP contribution in [0.3, 0.4) is 0 Å². The first-order valence-electron chi connectivity index (χ1n) is 3.35. The smallest absolute Gasteiger partial charge is 0.0598 e. The molecule has 0 amide bonds. The summed E-state index contributed by atoms with van der Waals surface area (Å²) >= 11 is 0. The van der Waals surface area contributed by atoms with Gasteiger partial charge < -0.3 is 4.74 Å². The molecule has 0 spiro atoms. The summed E-state index contributed by atoms with van der Waals surface area (Å²) in [6.07, 6.45) is 1.09. The average molecular weight is 143 g/mol. The average Bonchev–Trinajstić information content (AvgIpc) is 1.63. The second kappa shape index (κ2) is 4.07. The zero-order valence-corrected chi connectivity index (χ0v) is 7.53. The summed E-state index contributed by atoms with van der Waals surface area (Å²) in [5.41, 5.74) is 0.0292. The van der Waals surface area contributed by atoms with Crippen molar-refractivity contribution in [2.75, 3.05) is 6.61 Å². The summed E-state index contributed by atoms with van der Waals surface area (Å²) in [7, 11) is 3.38. The molecule has 0 aliphatic carbocycles. The van der Waals surface area contributed by atoms with Crippen molar-refractivity contribution in [1.29, 1.82) is 0 Å². The number of hydrogen-bond acceptors (Lipinski definition) is 1. The monoisotopic (exact) mass is 143 g/mol. The van der Waals surface area contributed by atoms with Gasteiger partial charge in [-0.05, 0) is 27.2 Å². The van der Waals surface area contributed by atoms with Gasteiger partial charge in [-0.15, -0.1) is 0 Å². The van der Waals surface area contributed by atoms with Gasteiger partial charge in [-0.1, -0.05) is 6.04 Å². The van der Waals surface area contributed by atoms with Gasteiger partial charge in [0.2, 0.25) is 0 Å². The number of ether oxygens (including phenoxy) is 1. The first kappa shape index (κ1) is 9.18. The third-order valence-corrected chi connectivity index (χ3v) is 1.21. The van der Waals surface area contributed by atoms with Gasteiger partial charge in [-0.25, -0.2) is 0 Å². The van der Waals surface area contributed by atoms with Crippen LogP contribution in [0.15, 0.2) is 0 Å². The van der Waals surface area contributed by atoms with Crippen molar-refractivity contribution in [1.82, 2.24) is 0 Å². The Balaban J connectivity index is 3.07. The fourth-order valence-corrected chi connectivity index (χ4v) is 0.595. The van der Waals surface area contributed by atoms with Gasteiger partial charge in [-0.2, -0.15) is 0 Å². The van der Waals surface area contributed by atoms with Crippen molar-refractivity contribution < 1.29 is 4.74 Å². The van der Waals surface area contributed by atoms with Crippen molar-refractivity contribution in [3.05, 3.63) is 0 Å². The van der Waals surface area contributed by atoms with Crippen molar-refractivity contribution in [3.63, 3.8) is 0 Å². The van der Waals surface area contributed by atoms with Gasteiger partial charge in [0.15, 0.2) is 0 Å². The Kier molecular flexibility index (Phi) is 4.15. The van der Waals surface area contributed by atoms with Crippen LogP contribution in [0.2, 0.25) is 6.04 Å². The fraction of sp³-hybridized carbons (Fsp3) is 1.00. The molecule has 1 nitrogen and oxygen atoms in total. The van der Waals surface area contributed by atoms with E-state index in [1.807, 2.05) is 0 Å². The zero-order chi connectivity index (χ0) is 7.33. The van der Waals surface area contributed by atoms with Gasteiger partial charge >= 0.3 is 0 Å². The van der Waals surface area contributed by atoms with Crippen LogP contribution in [0.5, 0.6) is 0 Å². The molecule has 0 heterocycles. The first-order chi connectivity index (χ1) is 4.06. The zero-order valence-electron chi connectivity index (χ0n) is 6.53. The van der Waals surface area contributed by atoms with Crippen molar-refractivity contribution in [2.45, 2.75) is 38.8 Å². The lowest BCUT2D eigenvalue weighted by atomic mass is 10.2. The topological polar surface area (TPSA) is 9.23 Å². The predicted octanol–water partition coefficient (Wildman–Crippen LogP) is 1.78. The molecular weight excluding hydrogens is 128 g/mol. The minimum atomic E-state index is 0.0292. The number of hydrogen-bond donors (Lipinski definition) is 0. The molecule has 0 atom stereocenters. The summed E-state index contributed by atoms with van der Waals surface area (Å²) in [6, 6.07) is 1.02. The van der Waals surface area contributed by atoms with E-state index in [9.17, 15) is 0 Å². The Hall–Kier alpha value is 0.177. The van der Waals surface area contributed by atoms with Crippen LogP contribution in [-0.2, 0) is 4.74 Å². The van der Waals surface area contributed by atoms with Crippen LogP contribution in [-0.4, -0.2) is 22.5 Å². The molecule has 0 aromatic rings. The minimum absolute atomic E-state index is 0.0292. The van der Waals surface area contributed by atoms with Gasteiger partial charge in [0.05, 0.1) is 5.60 Å². The second-order valence-corrected chi connectivity index (χ2v) is 3.56. The van der Waals surface area contributed by atoms with Crippen LogP contribution in [0.25, 0.3) is 0 Å². The largest absolute Gasteiger partial charge is 0.376 e. The highest BCUT2D eigenvalue weighted by atomic mass is 28.1. The summed E-state index contributed by atoms with van der Waals surface area (Å²) in [4.78, 5) is 0. The fourth-order valence-electron chi connectivity index (χ4n) is 0.451. The normalized spacial score (nSPS) is 12.0. The summed E-state index contributed by atoms with van der Waals surface area (Å²) in [6.45, 7) is 7.06. The highest BCUT2D eigenvalue weighted by Gasteiger charge is 2.07. The van der Waals surface area contributed by atoms with Crippen LogP contribution < -0.4 is 0 Å². The van der Waals surface area contributed by atoms with E-state index < -0.39 is 0 Å². The number of rotatable bonds is 3. The molecule has 0 aliphatic rings. The Morgan fingerprint density at radius 2 is 1.89 bits per heavy atom. The van der Waals surface area contributed by atoms with Gasteiger partial charge in [0, 0.05) is 16.8 Å². The molecule has 0 aromatic carbocycles. The molecule has 3 radical (unpaired) electrons. The van der Waals surface area contributed by atoms with Crippen molar-refractivity contribution in [3.8, 4) is 0 Å². The van der Waals surface area contributed by atoms with Crippen LogP contribution >= 0.6 is 0 Å². The van der Waals surface area contributed by atoms with Crippen molar-refractivity contribution in [2.24, 2.45) is 0 Å². The molecule has 0 N–H and O–H groups in total. The maximum Gasteiger partial charge on any atom is 0.0598 e. The minimum Gasteiger partial charge on any atom is -0.376 e. The molecule has 0 fully saturated rings. The maximum atomic E-state index is 5.44. The van der Waals surface area contributed by atoms with Gasteiger partial charge in [0.25, 0.3) is 0 Å². The van der Waals surface area contributed by atoms with E-state index in [4.69, 9.17) is 4.74 Å². The lowest BCUT2D eigenvalue weighted by Gasteiger charge is -2.18. The van der Waals surface area contributed by atoms with E-state index in [1.54, 1.807) is 0 Å². The Labute approximate surface area is 61.2 Å². The lowest BCUT2D eigenvalue weighted by molar-refractivity contribution is -0.00228. The molecule has 0 aromatic heterocycles. The Morgan fingerprint density at radius 1 is 1.33 bits per heavy atom. The Bertz CT molecular complexity index is 65.8. The molecule has 0 unspecified atom stereocenters. The Morgan fingerprint density at radius 3 is 2.22 bits per heavy atom. The second-order valence-electron chi connectivity index (χ2n) is 3.06. The maximum absolute atomic E-state index is 5.44. The molecule has 2 heteroatoms. The SMILES string of the molecule is CC(C)(C)OCCC[Si]. The standard InChI is InChI=1S/C7H15OSi/c1-7(2,3)8-5-4-6-9/h4-6H2,1-3H3. The van der Waals surface area contributed by atoms with E-state index in [1.165, 1.54) is 0 Å². The third kappa shape index (κ3) is 8.18. The van der Waals surface area contributed by atoms with Gasteiger partial charge in [-0.3, -0.25) is 0 Å². The van der Waals surface area contributed by atoms with Crippen molar-refractivity contribution >= 4 is 10.2 Å². The summed E-state index contributed by atoms with van der Waals surface area (Å²) in [5.74, 6) is 0. The predicted molar refractivity (Wildman–Crippen MR) is 40.9 cm³/mol. The molecule has 0 aliphatic heterocycles. The van der Waals surface area contributed by atoms with Crippen LogP contribution in [0.4, 0.5) is 0 Å². The quantitative estimate of drug-likeness (QED) is 0.432. The highest BCUT2D eigenvalue weighted by molar-refractivity contribution is 6.08. The van der Waals surface area contributed by atoms with E-state index in [0.717, 1.165) is 19.1 Å². The first-order valence-corrected chi connectivity index (χ1v) is 4.05. The van der Waals surface area contributed by atoms with E-state index >= 15 is 0 Å². The summed E-state index contributed by atoms with van der Waals surface area (Å²) in [5, 5.41) is 0. The molecular formula is C7H15OSi. The third-order valence-electron chi connectivity index (χ3n) is 0.856. The van der Waals surface area contributed by atoms with Crippen LogP contribution in [0, 0.1) is 0 Å². The molecule has 0 saturated heterocycles. The molecule has 53 valence electrons. The van der Waals surface area contributed by atoms with Gasteiger partial charge in [0.1, 0.15) is 0 Å². The van der Waals surface area contributed by atoms with Crippen LogP contribution in [0.1, 0.15) is 27.2 Å². The molecule has 0 saturated carbocycles. The molecule has 9 heavy (non-hydrogen) atoms. The van der Waals surface area contributed by atoms with E-state index in [-0.39, 0.29) is 5.60 Å². The molecule has 0 rings (SSSR count). The lowest BCUT2D eigenvalue weighted by Crippen LogP contribution is -2.19. The van der Waals surface area contributed by atoms with E-state index in [2.05, 4.69) is 31.0 Å². The highest BCUT2D eigenvalue weighted by Crippen LogP contribution is 2.06.